The lowest BCUT2D eigenvalue weighted by Gasteiger charge is -2.09. The molecule has 0 saturated heterocycles. The van der Waals surface area contributed by atoms with E-state index in [-0.39, 0.29) is 0 Å². The van der Waals surface area contributed by atoms with Crippen molar-refractivity contribution in [3.05, 3.63) is 47.9 Å². The summed E-state index contributed by atoms with van der Waals surface area (Å²) in [5, 5.41) is 0. The van der Waals surface area contributed by atoms with E-state index < -0.39 is 0 Å². The fourth-order valence-corrected chi connectivity index (χ4v) is 1.36. The van der Waals surface area contributed by atoms with Gasteiger partial charge in [-0.15, -0.1) is 0 Å². The summed E-state index contributed by atoms with van der Waals surface area (Å²) in [6.07, 6.45) is 3.92. The van der Waals surface area contributed by atoms with E-state index in [0.29, 0.717) is 6.61 Å². The number of ether oxygens (including phenoxy) is 1. The summed E-state index contributed by atoms with van der Waals surface area (Å²) >= 11 is 0. The van der Waals surface area contributed by atoms with Gasteiger partial charge in [0, 0.05) is 20.3 Å². The largest absolute Gasteiger partial charge is 0.482 e. The predicted octanol–water partition coefficient (Wildman–Crippen LogP) is 1.95. The van der Waals surface area contributed by atoms with Crippen LogP contribution in [0.15, 0.2) is 42.3 Å². The van der Waals surface area contributed by atoms with Crippen molar-refractivity contribution in [3.63, 3.8) is 0 Å². The van der Waals surface area contributed by atoms with Crippen LogP contribution in [0.25, 0.3) is 0 Å². The van der Waals surface area contributed by atoms with Gasteiger partial charge in [-0.25, -0.2) is 4.58 Å². The molecule has 1 rings (SSSR count). The van der Waals surface area contributed by atoms with Crippen LogP contribution in [0.4, 0.5) is 0 Å². The fraction of sp³-hybridized carbons (Fsp3) is 0.357. The van der Waals surface area contributed by atoms with Gasteiger partial charge in [0.2, 0.25) is 6.21 Å². The molecule has 0 spiro atoms. The summed E-state index contributed by atoms with van der Waals surface area (Å²) in [5.41, 5.74) is 1.17. The van der Waals surface area contributed by atoms with Crippen LogP contribution in [-0.2, 0) is 11.3 Å². The van der Waals surface area contributed by atoms with E-state index in [2.05, 4.69) is 12.1 Å². The predicted molar refractivity (Wildman–Crippen MR) is 71.2 cm³/mol. The van der Waals surface area contributed by atoms with E-state index in [0.717, 1.165) is 5.76 Å². The van der Waals surface area contributed by atoms with Gasteiger partial charge in [-0.3, -0.25) is 0 Å². The summed E-state index contributed by atoms with van der Waals surface area (Å²) in [6, 6.07) is 10.2. The molecule has 0 N–H and O–H groups in total. The average molecular weight is 233 g/mol. The molecule has 1 aromatic carbocycles. The normalized spacial score (nSPS) is 10.9. The first-order valence-corrected chi connectivity index (χ1v) is 5.64. The van der Waals surface area contributed by atoms with Crippen molar-refractivity contribution in [1.82, 2.24) is 4.90 Å². The quantitative estimate of drug-likeness (QED) is 0.439. The van der Waals surface area contributed by atoms with Crippen LogP contribution in [-0.4, -0.2) is 43.9 Å². The summed E-state index contributed by atoms with van der Waals surface area (Å²) in [5.74, 6) is 0.851. The SMILES string of the molecule is CN(C)/C=C(\C=[N+](C)C)OCc1ccccc1. The third kappa shape index (κ3) is 5.76. The Labute approximate surface area is 104 Å². The molecule has 0 aliphatic heterocycles. The van der Waals surface area contributed by atoms with Crippen molar-refractivity contribution in [2.45, 2.75) is 6.61 Å². The molecule has 17 heavy (non-hydrogen) atoms. The molecular weight excluding hydrogens is 212 g/mol. The lowest BCUT2D eigenvalue weighted by Crippen LogP contribution is -2.09. The minimum atomic E-state index is 0.588. The van der Waals surface area contributed by atoms with E-state index in [1.54, 1.807) is 0 Å². The first kappa shape index (κ1) is 13.3. The van der Waals surface area contributed by atoms with E-state index in [1.165, 1.54) is 5.56 Å². The highest BCUT2D eigenvalue weighted by Gasteiger charge is 2.01. The maximum absolute atomic E-state index is 5.77. The summed E-state index contributed by atoms with van der Waals surface area (Å²) in [7, 11) is 7.93. The van der Waals surface area contributed by atoms with Gasteiger partial charge in [-0.1, -0.05) is 30.3 Å². The van der Waals surface area contributed by atoms with E-state index in [1.807, 2.05) is 68.3 Å². The molecule has 0 bridgehead atoms. The lowest BCUT2D eigenvalue weighted by atomic mass is 10.2. The minimum Gasteiger partial charge on any atom is -0.482 e. The second-order valence-electron chi connectivity index (χ2n) is 4.36. The molecule has 1 aromatic rings. The molecule has 0 aliphatic carbocycles. The summed E-state index contributed by atoms with van der Waals surface area (Å²) < 4.78 is 7.74. The zero-order chi connectivity index (χ0) is 12.7. The molecule has 0 saturated carbocycles. The zero-order valence-electron chi connectivity index (χ0n) is 11.1. The van der Waals surface area contributed by atoms with Crippen molar-refractivity contribution < 1.29 is 9.31 Å². The molecule has 0 heterocycles. The third-order valence-electron chi connectivity index (χ3n) is 2.02. The third-order valence-corrected chi connectivity index (χ3v) is 2.02. The van der Waals surface area contributed by atoms with Crippen LogP contribution in [0.2, 0.25) is 0 Å². The fourth-order valence-electron chi connectivity index (χ4n) is 1.36. The number of allylic oxidation sites excluding steroid dienone is 1. The van der Waals surface area contributed by atoms with Gasteiger partial charge >= 0.3 is 0 Å². The molecule has 3 heteroatoms. The van der Waals surface area contributed by atoms with Gasteiger partial charge in [0.1, 0.15) is 20.7 Å². The first-order chi connectivity index (χ1) is 8.08. The highest BCUT2D eigenvalue weighted by molar-refractivity contribution is 5.71. The Balaban J connectivity index is 2.65. The molecule has 0 unspecified atom stereocenters. The van der Waals surface area contributed by atoms with Crippen molar-refractivity contribution in [1.29, 1.82) is 0 Å². The van der Waals surface area contributed by atoms with Gasteiger partial charge in [-0.2, -0.15) is 0 Å². The van der Waals surface area contributed by atoms with Crippen molar-refractivity contribution in [3.8, 4) is 0 Å². The van der Waals surface area contributed by atoms with Gasteiger partial charge in [0.05, 0.1) is 0 Å². The summed E-state index contributed by atoms with van der Waals surface area (Å²) in [6.45, 7) is 0.588. The van der Waals surface area contributed by atoms with Crippen LogP contribution in [0.5, 0.6) is 0 Å². The molecule has 0 aromatic heterocycles. The maximum Gasteiger partial charge on any atom is 0.207 e. The molecule has 92 valence electrons. The van der Waals surface area contributed by atoms with Crippen LogP contribution in [0.1, 0.15) is 5.56 Å². The second kappa shape index (κ2) is 6.74. The van der Waals surface area contributed by atoms with Gasteiger partial charge in [0.25, 0.3) is 0 Å². The first-order valence-electron chi connectivity index (χ1n) is 5.64. The van der Waals surface area contributed by atoms with E-state index in [4.69, 9.17) is 4.74 Å². The van der Waals surface area contributed by atoms with Crippen LogP contribution >= 0.6 is 0 Å². The smallest absolute Gasteiger partial charge is 0.207 e. The number of benzene rings is 1. The monoisotopic (exact) mass is 233 g/mol. The minimum absolute atomic E-state index is 0.588. The molecule has 0 amide bonds. The highest BCUT2D eigenvalue weighted by atomic mass is 16.5. The Bertz CT molecular complexity index is 390. The number of nitrogens with zero attached hydrogens (tertiary/aromatic N) is 2. The number of hydrogen-bond acceptors (Lipinski definition) is 2. The Morgan fingerprint density at radius 1 is 1.24 bits per heavy atom. The standard InChI is InChI=1S/C14H21N2O/c1-15(2)10-14(11-16(3)4)17-12-13-8-6-5-7-9-13/h5-11H,12H2,1-4H3/q+1. The Kier molecular flexibility index (Phi) is 5.27. The molecular formula is C14H21N2O+. The Hall–Kier alpha value is -1.77. The highest BCUT2D eigenvalue weighted by Crippen LogP contribution is 2.04. The molecule has 3 nitrogen and oxygen atoms in total. The Morgan fingerprint density at radius 3 is 2.41 bits per heavy atom. The second-order valence-corrected chi connectivity index (χ2v) is 4.36. The lowest BCUT2D eigenvalue weighted by molar-refractivity contribution is -0.459. The Morgan fingerprint density at radius 2 is 1.88 bits per heavy atom. The number of rotatable bonds is 5. The van der Waals surface area contributed by atoms with Crippen LogP contribution in [0.3, 0.4) is 0 Å². The maximum atomic E-state index is 5.77. The van der Waals surface area contributed by atoms with E-state index >= 15 is 0 Å². The molecule has 0 fully saturated rings. The van der Waals surface area contributed by atoms with E-state index in [9.17, 15) is 0 Å². The van der Waals surface area contributed by atoms with Crippen LogP contribution < -0.4 is 0 Å². The van der Waals surface area contributed by atoms with Crippen molar-refractivity contribution >= 4 is 6.21 Å². The molecule has 0 aliphatic rings. The molecule has 0 radical (unpaired) electrons. The van der Waals surface area contributed by atoms with Crippen LogP contribution in [0, 0.1) is 0 Å². The van der Waals surface area contributed by atoms with Crippen molar-refractivity contribution in [2.24, 2.45) is 0 Å². The topological polar surface area (TPSA) is 15.5 Å². The number of hydrogen-bond donors (Lipinski definition) is 0. The van der Waals surface area contributed by atoms with Crippen molar-refractivity contribution in [2.75, 3.05) is 28.2 Å². The average Bonchev–Trinajstić information content (AvgIpc) is 2.26. The van der Waals surface area contributed by atoms with Gasteiger partial charge < -0.3 is 9.64 Å². The summed E-state index contributed by atoms with van der Waals surface area (Å²) in [4.78, 5) is 1.97. The van der Waals surface area contributed by atoms with Gasteiger partial charge in [0.15, 0.2) is 5.76 Å². The molecule has 0 atom stereocenters. The van der Waals surface area contributed by atoms with Gasteiger partial charge in [-0.05, 0) is 5.56 Å². The zero-order valence-corrected chi connectivity index (χ0v) is 11.1.